The number of hydrogen-bond donors (Lipinski definition) is 1. The van der Waals surface area contributed by atoms with Crippen LogP contribution in [-0.4, -0.2) is 17.7 Å². The molecule has 0 amide bonds. The Morgan fingerprint density at radius 3 is 3.15 bits per heavy atom. The molecule has 3 nitrogen and oxygen atoms in total. The molecule has 0 aliphatic carbocycles. The molecule has 0 bridgehead atoms. The van der Waals surface area contributed by atoms with E-state index in [1.807, 2.05) is 0 Å². The summed E-state index contributed by atoms with van der Waals surface area (Å²) in [5.74, 6) is 0.553. The van der Waals surface area contributed by atoms with Gasteiger partial charge in [0, 0.05) is 17.9 Å². The van der Waals surface area contributed by atoms with Crippen molar-refractivity contribution in [2.24, 2.45) is 0 Å². The van der Waals surface area contributed by atoms with Crippen molar-refractivity contribution >= 4 is 16.5 Å². The molecule has 1 saturated heterocycles. The number of ether oxygens (including phenoxy) is 1. The predicted molar refractivity (Wildman–Crippen MR) is 53.9 cm³/mol. The quantitative estimate of drug-likeness (QED) is 0.751. The van der Waals surface area contributed by atoms with Gasteiger partial charge in [-0.2, -0.15) is 0 Å². The van der Waals surface area contributed by atoms with Gasteiger partial charge >= 0.3 is 0 Å². The van der Waals surface area contributed by atoms with Crippen LogP contribution in [-0.2, 0) is 4.74 Å². The fourth-order valence-corrected chi connectivity index (χ4v) is 2.40. The van der Waals surface area contributed by atoms with Gasteiger partial charge in [0.15, 0.2) is 5.13 Å². The Morgan fingerprint density at radius 1 is 1.69 bits per heavy atom. The Bertz CT molecular complexity index is 287. The molecule has 1 aromatic heterocycles. The third-order valence-corrected chi connectivity index (χ3v) is 3.14. The zero-order chi connectivity index (χ0) is 9.26. The highest BCUT2D eigenvalue weighted by Crippen LogP contribution is 2.30. The molecule has 4 heteroatoms. The molecular weight excluding hydrogens is 184 g/mol. The van der Waals surface area contributed by atoms with E-state index in [0.29, 0.717) is 17.2 Å². The number of nitrogens with two attached hydrogens (primary N) is 1. The maximum atomic E-state index is 5.60. The van der Waals surface area contributed by atoms with Crippen molar-refractivity contribution in [1.82, 2.24) is 4.98 Å². The topological polar surface area (TPSA) is 48.1 Å². The molecule has 1 aromatic rings. The zero-order valence-electron chi connectivity index (χ0n) is 7.69. The second-order valence-electron chi connectivity index (χ2n) is 3.51. The molecule has 2 atom stereocenters. The van der Waals surface area contributed by atoms with Crippen molar-refractivity contribution in [3.8, 4) is 0 Å². The van der Waals surface area contributed by atoms with Gasteiger partial charge in [-0.3, -0.25) is 0 Å². The maximum Gasteiger partial charge on any atom is 0.180 e. The lowest BCUT2D eigenvalue weighted by Crippen LogP contribution is -2.21. The minimum absolute atomic E-state index is 0.363. The number of thiazole rings is 1. The first kappa shape index (κ1) is 8.97. The predicted octanol–water partition coefficient (Wildman–Crippen LogP) is 2.01. The van der Waals surface area contributed by atoms with E-state index in [9.17, 15) is 0 Å². The monoisotopic (exact) mass is 198 g/mol. The summed E-state index contributed by atoms with van der Waals surface area (Å²) in [6.07, 6.45) is 2.51. The number of aromatic nitrogens is 1. The van der Waals surface area contributed by atoms with Gasteiger partial charge in [0.2, 0.25) is 0 Å². The molecule has 2 N–H and O–H groups in total. The molecule has 2 heterocycles. The Kier molecular flexibility index (Phi) is 2.51. The molecule has 2 rings (SSSR count). The lowest BCUT2D eigenvalue weighted by atomic mass is 9.94. The minimum atomic E-state index is 0.363. The number of hydrogen-bond acceptors (Lipinski definition) is 4. The maximum absolute atomic E-state index is 5.60. The molecule has 13 heavy (non-hydrogen) atoms. The van der Waals surface area contributed by atoms with Crippen molar-refractivity contribution in [1.29, 1.82) is 0 Å². The van der Waals surface area contributed by atoms with Crippen LogP contribution in [0.2, 0.25) is 0 Å². The van der Waals surface area contributed by atoms with Gasteiger partial charge in [0.25, 0.3) is 0 Å². The summed E-state index contributed by atoms with van der Waals surface area (Å²) in [5, 5.41) is 2.74. The highest BCUT2D eigenvalue weighted by molar-refractivity contribution is 7.13. The van der Waals surface area contributed by atoms with E-state index < -0.39 is 0 Å². The van der Waals surface area contributed by atoms with Crippen LogP contribution in [0, 0.1) is 0 Å². The fraction of sp³-hybridized carbons (Fsp3) is 0.667. The second-order valence-corrected chi connectivity index (χ2v) is 4.40. The van der Waals surface area contributed by atoms with Crippen LogP contribution in [0.5, 0.6) is 0 Å². The van der Waals surface area contributed by atoms with Crippen molar-refractivity contribution in [3.63, 3.8) is 0 Å². The first-order chi connectivity index (χ1) is 6.25. The first-order valence-corrected chi connectivity index (χ1v) is 5.46. The first-order valence-electron chi connectivity index (χ1n) is 4.58. The average Bonchev–Trinajstić information content (AvgIpc) is 2.52. The normalized spacial score (nSPS) is 29.0. The summed E-state index contributed by atoms with van der Waals surface area (Å²) < 4.78 is 5.48. The van der Waals surface area contributed by atoms with Crippen LogP contribution in [0.3, 0.4) is 0 Å². The van der Waals surface area contributed by atoms with Gasteiger partial charge in [-0.05, 0) is 19.8 Å². The Morgan fingerprint density at radius 2 is 2.54 bits per heavy atom. The van der Waals surface area contributed by atoms with E-state index in [-0.39, 0.29) is 0 Å². The molecule has 0 aromatic carbocycles. The Balaban J connectivity index is 2.08. The van der Waals surface area contributed by atoms with E-state index >= 15 is 0 Å². The zero-order valence-corrected chi connectivity index (χ0v) is 8.51. The van der Waals surface area contributed by atoms with Gasteiger partial charge in [0.1, 0.15) is 0 Å². The smallest absolute Gasteiger partial charge is 0.180 e. The van der Waals surface area contributed by atoms with Crippen LogP contribution in [0.1, 0.15) is 31.4 Å². The lowest BCUT2D eigenvalue weighted by Gasteiger charge is -2.25. The largest absolute Gasteiger partial charge is 0.378 e. The van der Waals surface area contributed by atoms with E-state index in [4.69, 9.17) is 10.5 Å². The molecule has 0 saturated carbocycles. The fourth-order valence-electron chi connectivity index (χ4n) is 1.75. The van der Waals surface area contributed by atoms with Crippen molar-refractivity contribution in [3.05, 3.63) is 11.1 Å². The molecule has 1 aliphatic rings. The van der Waals surface area contributed by atoms with E-state index in [0.717, 1.165) is 25.1 Å². The van der Waals surface area contributed by atoms with Crippen LogP contribution in [0.15, 0.2) is 5.38 Å². The third kappa shape index (κ3) is 2.00. The minimum Gasteiger partial charge on any atom is -0.378 e. The molecule has 1 fully saturated rings. The van der Waals surface area contributed by atoms with Crippen LogP contribution in [0.4, 0.5) is 5.13 Å². The lowest BCUT2D eigenvalue weighted by molar-refractivity contribution is 0.0181. The van der Waals surface area contributed by atoms with Crippen LogP contribution in [0.25, 0.3) is 0 Å². The van der Waals surface area contributed by atoms with Crippen molar-refractivity contribution < 1.29 is 4.74 Å². The van der Waals surface area contributed by atoms with Crippen molar-refractivity contribution in [2.75, 3.05) is 12.3 Å². The average molecular weight is 198 g/mol. The number of nitrogen functional groups attached to an aromatic ring is 1. The molecule has 2 unspecified atom stereocenters. The van der Waals surface area contributed by atoms with E-state index in [2.05, 4.69) is 17.3 Å². The molecular formula is C9H14N2OS. The molecule has 0 spiro atoms. The number of rotatable bonds is 1. The standard InChI is InChI=1S/C9H14N2OS/c1-6-4-7(2-3-12-6)8-5-13-9(10)11-8/h5-7H,2-4H2,1H3,(H2,10,11). The molecule has 0 radical (unpaired) electrons. The second kappa shape index (κ2) is 3.64. The molecule has 1 aliphatic heterocycles. The highest BCUT2D eigenvalue weighted by Gasteiger charge is 2.22. The van der Waals surface area contributed by atoms with E-state index in [1.54, 1.807) is 0 Å². The van der Waals surface area contributed by atoms with Gasteiger partial charge < -0.3 is 10.5 Å². The van der Waals surface area contributed by atoms with Gasteiger partial charge in [0.05, 0.1) is 11.8 Å². The summed E-state index contributed by atoms with van der Waals surface area (Å²) in [4.78, 5) is 4.31. The van der Waals surface area contributed by atoms with Gasteiger partial charge in [-0.25, -0.2) is 4.98 Å². The third-order valence-electron chi connectivity index (χ3n) is 2.44. The highest BCUT2D eigenvalue weighted by atomic mass is 32.1. The number of nitrogens with zero attached hydrogens (tertiary/aromatic N) is 1. The van der Waals surface area contributed by atoms with Gasteiger partial charge in [-0.15, -0.1) is 11.3 Å². The number of anilines is 1. The summed E-state index contributed by atoms with van der Waals surface area (Å²) in [7, 11) is 0. The van der Waals surface area contributed by atoms with Crippen LogP contribution >= 0.6 is 11.3 Å². The summed E-state index contributed by atoms with van der Waals surface area (Å²) in [5.41, 5.74) is 6.75. The van der Waals surface area contributed by atoms with Gasteiger partial charge in [-0.1, -0.05) is 0 Å². The SMILES string of the molecule is CC1CC(c2csc(N)n2)CCO1. The summed E-state index contributed by atoms with van der Waals surface area (Å²) >= 11 is 1.53. The van der Waals surface area contributed by atoms with Crippen molar-refractivity contribution in [2.45, 2.75) is 31.8 Å². The Hall–Kier alpha value is -0.610. The van der Waals surface area contributed by atoms with Crippen LogP contribution < -0.4 is 5.73 Å². The Labute approximate surface area is 81.9 Å². The summed E-state index contributed by atoms with van der Waals surface area (Å²) in [6.45, 7) is 2.96. The van der Waals surface area contributed by atoms with E-state index in [1.165, 1.54) is 11.3 Å². The molecule has 72 valence electrons. The summed E-state index contributed by atoms with van der Waals surface area (Å²) in [6, 6.07) is 0.